The minimum atomic E-state index is 0.577. The van der Waals surface area contributed by atoms with Crippen LogP contribution in [0.15, 0.2) is 199 Å². The van der Waals surface area contributed by atoms with E-state index in [0.717, 1.165) is 77.2 Å². The molecular weight excluding hydrogens is 725 g/mol. The van der Waals surface area contributed by atoms with Crippen molar-refractivity contribution >= 4 is 32.7 Å². The summed E-state index contributed by atoms with van der Waals surface area (Å²) in [6.07, 6.45) is 0. The summed E-state index contributed by atoms with van der Waals surface area (Å²) in [7, 11) is 0. The van der Waals surface area contributed by atoms with Gasteiger partial charge in [-0.05, 0) is 40.1 Å². The Hall–Kier alpha value is -8.16. The molecule has 0 aliphatic carbocycles. The largest absolute Gasteiger partial charge is 0.456 e. The smallest absolute Gasteiger partial charge is 0.164 e. The lowest BCUT2D eigenvalue weighted by Gasteiger charge is -2.12. The van der Waals surface area contributed by atoms with Crippen molar-refractivity contribution in [2.75, 3.05) is 0 Å². The molecule has 0 atom stereocenters. The van der Waals surface area contributed by atoms with E-state index in [1.807, 2.05) is 133 Å². The van der Waals surface area contributed by atoms with Crippen molar-refractivity contribution in [3.05, 3.63) is 194 Å². The van der Waals surface area contributed by atoms with Gasteiger partial charge in [0.1, 0.15) is 11.2 Å². The first kappa shape index (κ1) is 34.1. The summed E-state index contributed by atoms with van der Waals surface area (Å²) in [6, 6.07) is 65.4. The van der Waals surface area contributed by atoms with Crippen LogP contribution in [0.2, 0.25) is 0 Å². The molecule has 7 heteroatoms. The number of fused-ring (bicyclic) bond motifs is 4. The molecule has 11 aromatic rings. The van der Waals surface area contributed by atoms with Crippen molar-refractivity contribution in [2.24, 2.45) is 0 Å². The van der Waals surface area contributed by atoms with Gasteiger partial charge in [0.15, 0.2) is 34.9 Å². The quantitative estimate of drug-likeness (QED) is 0.160. The third kappa shape index (κ3) is 6.27. The maximum Gasteiger partial charge on any atom is 0.164 e. The van der Waals surface area contributed by atoms with E-state index in [1.165, 1.54) is 0 Å². The van der Waals surface area contributed by atoms with Crippen molar-refractivity contribution in [3.63, 3.8) is 0 Å². The molecule has 0 fully saturated rings. The van der Waals surface area contributed by atoms with Gasteiger partial charge in [0, 0.05) is 44.2 Å². The lowest BCUT2D eigenvalue weighted by atomic mass is 9.94. The molecule has 59 heavy (non-hydrogen) atoms. The van der Waals surface area contributed by atoms with Gasteiger partial charge >= 0.3 is 0 Å². The van der Waals surface area contributed by atoms with Crippen molar-refractivity contribution in [1.82, 2.24) is 29.9 Å². The van der Waals surface area contributed by atoms with Crippen molar-refractivity contribution in [2.45, 2.75) is 0 Å². The van der Waals surface area contributed by atoms with E-state index in [2.05, 4.69) is 60.7 Å². The van der Waals surface area contributed by atoms with Gasteiger partial charge in [0.25, 0.3) is 0 Å². The fourth-order valence-electron chi connectivity index (χ4n) is 7.80. The SMILES string of the molecule is c1ccc(-c2nc(-c3ccccc3)nc(-c3cccc4c(-c5ccc6oc7cccc(-c8nc(-c9ccccc9)nc(-c9ccccc9)n8)c7c6c5)cccc34)n2)cc1. The van der Waals surface area contributed by atoms with Crippen LogP contribution in [0.5, 0.6) is 0 Å². The minimum absolute atomic E-state index is 0.577. The molecule has 0 bridgehead atoms. The Balaban J connectivity index is 1.07. The van der Waals surface area contributed by atoms with Gasteiger partial charge in [-0.1, -0.05) is 176 Å². The number of hydrogen-bond donors (Lipinski definition) is 0. The molecule has 8 aromatic carbocycles. The summed E-state index contributed by atoms with van der Waals surface area (Å²) in [4.78, 5) is 30.1. The highest BCUT2D eigenvalue weighted by Gasteiger charge is 2.20. The van der Waals surface area contributed by atoms with Crippen molar-refractivity contribution < 1.29 is 4.42 Å². The molecule has 0 N–H and O–H groups in total. The third-order valence-electron chi connectivity index (χ3n) is 10.6. The molecule has 0 aliphatic heterocycles. The van der Waals surface area contributed by atoms with E-state index in [-0.39, 0.29) is 0 Å². The summed E-state index contributed by atoms with van der Waals surface area (Å²) in [6.45, 7) is 0. The summed E-state index contributed by atoms with van der Waals surface area (Å²) in [5, 5.41) is 4.04. The average Bonchev–Trinajstić information content (AvgIpc) is 3.70. The standard InChI is InChI=1S/C52H32N6O/c1-5-16-33(17-6-1)47-53-48(34-18-7-2-8-19-34)56-51(55-47)41-27-14-25-39-38(24-13-26-40(39)41)37-30-31-44-43(32-37)46-42(28-15-29-45(46)59-44)52-57-49(35-20-9-3-10-21-35)54-50(58-52)36-22-11-4-12-23-36/h1-32H. The Kier molecular flexibility index (Phi) is 8.33. The summed E-state index contributed by atoms with van der Waals surface area (Å²) in [5.41, 5.74) is 9.16. The Bertz CT molecular complexity index is 3200. The van der Waals surface area contributed by atoms with Crippen LogP contribution in [0.4, 0.5) is 0 Å². The topological polar surface area (TPSA) is 90.5 Å². The number of hydrogen-bond acceptors (Lipinski definition) is 7. The average molecular weight is 757 g/mol. The van der Waals surface area contributed by atoms with Gasteiger partial charge in [0.05, 0.1) is 0 Å². The minimum Gasteiger partial charge on any atom is -0.456 e. The second-order valence-electron chi connectivity index (χ2n) is 14.3. The van der Waals surface area contributed by atoms with Crippen LogP contribution in [0.3, 0.4) is 0 Å². The molecule has 0 amide bonds. The molecule has 0 unspecified atom stereocenters. The fourth-order valence-corrected chi connectivity index (χ4v) is 7.80. The van der Waals surface area contributed by atoms with Gasteiger partial charge < -0.3 is 4.42 Å². The molecule has 0 saturated heterocycles. The molecule has 3 heterocycles. The molecule has 7 nitrogen and oxygen atoms in total. The summed E-state index contributed by atoms with van der Waals surface area (Å²) >= 11 is 0. The summed E-state index contributed by atoms with van der Waals surface area (Å²) < 4.78 is 6.50. The van der Waals surface area contributed by atoms with Crippen LogP contribution in [0.1, 0.15) is 0 Å². The van der Waals surface area contributed by atoms with Gasteiger partial charge in [-0.2, -0.15) is 0 Å². The van der Waals surface area contributed by atoms with E-state index in [0.29, 0.717) is 34.9 Å². The van der Waals surface area contributed by atoms with Crippen LogP contribution in [-0.2, 0) is 0 Å². The van der Waals surface area contributed by atoms with Crippen LogP contribution < -0.4 is 0 Å². The van der Waals surface area contributed by atoms with Crippen LogP contribution in [-0.4, -0.2) is 29.9 Å². The normalized spacial score (nSPS) is 11.4. The Morgan fingerprint density at radius 1 is 0.254 bits per heavy atom. The highest BCUT2D eigenvalue weighted by molar-refractivity contribution is 6.14. The maximum absolute atomic E-state index is 6.50. The van der Waals surface area contributed by atoms with E-state index >= 15 is 0 Å². The predicted octanol–water partition coefficient (Wildman–Crippen LogP) is 12.8. The number of benzene rings is 8. The highest BCUT2D eigenvalue weighted by Crippen LogP contribution is 2.40. The Morgan fingerprint density at radius 2 is 0.661 bits per heavy atom. The first-order chi connectivity index (χ1) is 29.2. The monoisotopic (exact) mass is 756 g/mol. The number of furan rings is 1. The predicted molar refractivity (Wildman–Crippen MR) is 236 cm³/mol. The third-order valence-corrected chi connectivity index (χ3v) is 10.6. The lowest BCUT2D eigenvalue weighted by molar-refractivity contribution is 0.669. The van der Waals surface area contributed by atoms with Crippen molar-refractivity contribution in [1.29, 1.82) is 0 Å². The first-order valence-corrected chi connectivity index (χ1v) is 19.5. The van der Waals surface area contributed by atoms with E-state index in [1.54, 1.807) is 0 Å². The summed E-state index contributed by atoms with van der Waals surface area (Å²) in [5.74, 6) is 3.66. The highest BCUT2D eigenvalue weighted by atomic mass is 16.3. The number of nitrogens with zero attached hydrogens (tertiary/aromatic N) is 6. The maximum atomic E-state index is 6.50. The lowest BCUT2D eigenvalue weighted by Crippen LogP contribution is -2.00. The molecule has 0 aliphatic rings. The van der Waals surface area contributed by atoms with Crippen LogP contribution in [0, 0.1) is 0 Å². The zero-order valence-electron chi connectivity index (χ0n) is 31.6. The van der Waals surface area contributed by atoms with Crippen molar-refractivity contribution in [3.8, 4) is 79.5 Å². The number of rotatable bonds is 7. The van der Waals surface area contributed by atoms with Gasteiger partial charge in [-0.25, -0.2) is 29.9 Å². The van der Waals surface area contributed by atoms with Gasteiger partial charge in [-0.3, -0.25) is 0 Å². The van der Waals surface area contributed by atoms with Gasteiger partial charge in [0.2, 0.25) is 0 Å². The Morgan fingerprint density at radius 3 is 1.17 bits per heavy atom. The molecular formula is C52H32N6O. The second-order valence-corrected chi connectivity index (χ2v) is 14.3. The molecule has 0 saturated carbocycles. The second kappa shape index (κ2) is 14.4. The molecule has 0 spiro atoms. The fraction of sp³-hybridized carbons (Fsp3) is 0. The van der Waals surface area contributed by atoms with Gasteiger partial charge in [-0.15, -0.1) is 0 Å². The zero-order chi connectivity index (χ0) is 39.1. The Labute approximate surface area is 339 Å². The van der Waals surface area contributed by atoms with E-state index in [9.17, 15) is 0 Å². The van der Waals surface area contributed by atoms with E-state index in [4.69, 9.17) is 34.3 Å². The van der Waals surface area contributed by atoms with Crippen LogP contribution >= 0.6 is 0 Å². The van der Waals surface area contributed by atoms with Crippen LogP contribution in [0.25, 0.3) is 112 Å². The molecule has 276 valence electrons. The first-order valence-electron chi connectivity index (χ1n) is 19.5. The molecule has 0 radical (unpaired) electrons. The molecule has 3 aromatic heterocycles. The number of aromatic nitrogens is 6. The zero-order valence-corrected chi connectivity index (χ0v) is 31.6. The molecule has 11 rings (SSSR count). The van der Waals surface area contributed by atoms with E-state index < -0.39 is 0 Å².